The maximum absolute atomic E-state index is 6.78. The molecule has 0 unspecified atom stereocenters. The predicted molar refractivity (Wildman–Crippen MR) is 624 cm³/mol. The molecule has 31 rings (SSSR count). The van der Waals surface area contributed by atoms with Crippen molar-refractivity contribution in [2.24, 2.45) is 0 Å². The first-order chi connectivity index (χ1) is 73.4. The van der Waals surface area contributed by atoms with Crippen LogP contribution in [0.2, 0.25) is 0 Å². The quantitative estimate of drug-likeness (QED) is 0.114. The number of rotatable bonds is 12. The van der Waals surface area contributed by atoms with Crippen molar-refractivity contribution in [3.05, 3.63) is 528 Å². The van der Waals surface area contributed by atoms with Crippen LogP contribution >= 0.6 is 11.3 Å². The first-order valence-electron chi connectivity index (χ1n) is 50.4. The van der Waals surface area contributed by atoms with Crippen molar-refractivity contribution in [2.75, 3.05) is 0 Å². The van der Waals surface area contributed by atoms with Crippen molar-refractivity contribution in [1.29, 1.82) is 0 Å². The van der Waals surface area contributed by atoms with Crippen molar-refractivity contribution in [3.63, 3.8) is 0 Å². The number of fused-ring (bicyclic) bond motifs is 25. The number of benzene rings is 24. The minimum absolute atomic E-state index is 0.668. The second kappa shape index (κ2) is 35.3. The number of para-hydroxylation sites is 7. The molecule has 7 nitrogen and oxygen atoms in total. The fourth-order valence-corrected chi connectivity index (χ4v) is 24.3. The summed E-state index contributed by atoms with van der Waals surface area (Å²) >= 11 is 1.87. The third-order valence-electron chi connectivity index (χ3n) is 30.0. The Morgan fingerprint density at radius 2 is 0.514 bits per heavy atom. The molecular weight excluding hydrogens is 1820 g/mol. The summed E-state index contributed by atoms with van der Waals surface area (Å²) in [5.74, 6) is 0.668. The Balaban J connectivity index is 0.000000105. The lowest BCUT2D eigenvalue weighted by molar-refractivity contribution is 0.670. The zero-order chi connectivity index (χ0) is 97.4. The van der Waals surface area contributed by atoms with E-state index in [0.29, 0.717) is 5.95 Å². The molecule has 0 atom stereocenters. The molecule has 0 spiro atoms. The van der Waals surface area contributed by atoms with E-state index < -0.39 is 0 Å². The third kappa shape index (κ3) is 14.4. The van der Waals surface area contributed by atoms with Gasteiger partial charge in [0.1, 0.15) is 22.3 Å². The highest BCUT2D eigenvalue weighted by Gasteiger charge is 2.26. The van der Waals surface area contributed by atoms with Crippen LogP contribution in [-0.2, 0) is 0 Å². The summed E-state index contributed by atoms with van der Waals surface area (Å²) in [6.07, 6.45) is 0. The molecule has 31 aromatic rings. The molecule has 7 heterocycles. The van der Waals surface area contributed by atoms with Gasteiger partial charge in [-0.05, 0) is 214 Å². The summed E-state index contributed by atoms with van der Waals surface area (Å²) in [6, 6.07) is 189. The molecule has 0 bridgehead atoms. The minimum atomic E-state index is 0.668. The number of hydrogen-bond donors (Lipinski definition) is 0. The summed E-state index contributed by atoms with van der Waals surface area (Å²) in [5.41, 5.74) is 34.6. The van der Waals surface area contributed by atoms with Gasteiger partial charge in [-0.15, -0.1) is 11.3 Å². The van der Waals surface area contributed by atoms with Gasteiger partial charge < -0.3 is 18.0 Å². The first-order valence-corrected chi connectivity index (χ1v) is 51.3. The van der Waals surface area contributed by atoms with Crippen LogP contribution in [0.25, 0.3) is 290 Å². The Hall–Kier alpha value is -19.4. The van der Waals surface area contributed by atoms with E-state index in [2.05, 4.69) is 523 Å². The van der Waals surface area contributed by atoms with E-state index in [4.69, 9.17) is 18.8 Å². The lowest BCUT2D eigenvalue weighted by atomic mass is 9.94. The molecule has 0 saturated heterocycles. The van der Waals surface area contributed by atoms with Crippen LogP contribution in [0.1, 0.15) is 0 Å². The summed E-state index contributed by atoms with van der Waals surface area (Å²) in [7, 11) is 0. The summed E-state index contributed by atoms with van der Waals surface area (Å²) in [4.78, 5) is 10.5. The number of hydrogen-bond acceptors (Lipinski definition) is 5. The summed E-state index contributed by atoms with van der Waals surface area (Å²) < 4.78 is 23.0. The summed E-state index contributed by atoms with van der Waals surface area (Å²) in [5, 5.41) is 23.1. The normalized spacial score (nSPS) is 11.8. The molecule has 0 saturated carbocycles. The van der Waals surface area contributed by atoms with E-state index in [1.807, 2.05) is 29.5 Å². The van der Waals surface area contributed by atoms with E-state index in [-0.39, 0.29) is 0 Å². The van der Waals surface area contributed by atoms with Gasteiger partial charge in [0.15, 0.2) is 0 Å². The average Bonchev–Trinajstić information content (AvgIpc) is 1.56. The fraction of sp³-hybridized carbons (Fsp3) is 0. The van der Waals surface area contributed by atoms with Gasteiger partial charge in [0, 0.05) is 113 Å². The highest BCUT2D eigenvalue weighted by atomic mass is 32.1. The van der Waals surface area contributed by atoms with Crippen molar-refractivity contribution < 1.29 is 8.83 Å². The predicted octanol–water partition coefficient (Wildman–Crippen LogP) is 38.9. The largest absolute Gasteiger partial charge is 0.455 e. The second-order valence-corrected chi connectivity index (χ2v) is 39.4. The number of aromatic nitrogens is 5. The molecular formula is C140H87N5O2S. The van der Waals surface area contributed by atoms with Crippen LogP contribution < -0.4 is 0 Å². The molecule has 0 aliphatic heterocycles. The molecule has 148 heavy (non-hydrogen) atoms. The first kappa shape index (κ1) is 85.4. The standard InChI is InChI=1S/C48H29NO.C48H31NO.C44H27N3S/c1-2-11-30(12-3-1)31-21-25-45-43(27-31)44-28-32(34-18-10-19-41-40-17-8-9-20-47(40)50-48(34)41)22-26-46(44)49(45)33-23-24-39-37-15-5-4-13-35(37)36-14-6-7-16-38(36)42(39)29-33;1-3-13-32(14-4-1)34-17-9-18-35(29-34)36-19-10-20-38(30-36)49-45-26-8-7-21-41(45)44-31-37(27-28-46(44)49)40-23-12-25-43-42-24-11-22-39(47(42)50-48(40)43)33-15-5-2-6-16-33;1-2-11-28(12-3-1)29-21-23-30(24-22-29)42-36-15-4-7-18-38(36)45-44(46-42)47-39-19-8-5-13-33(39)37-27-31(25-26-40(37)47)32-16-10-17-35-34-14-6-9-20-41(34)48-43(32)35/h1-29H;1-31H;1-27H. The SMILES string of the molecule is c1ccc(-c2ccc(-c3nc(-n4c5ccccc5c5cc(-c6cccc7c6sc6ccccc67)ccc54)nc4ccccc34)cc2)cc1.c1ccc(-c2ccc3c(c2)c2cc(-c4cccc5c4oc4ccccc45)ccc2n3-c2ccc3c4ccccc4c4ccccc4c3c2)cc1.c1ccc(-c2cccc(-c3cccc(-n4c5ccccc5c5cc(-c6cccc7c6oc6c(-c8ccccc8)cccc67)ccc54)c3)c2)cc1. The molecule has 0 aliphatic carbocycles. The topological polar surface area (TPSA) is 66.8 Å². The van der Waals surface area contributed by atoms with Crippen LogP contribution in [0.3, 0.4) is 0 Å². The Bertz CT molecular complexity index is 10700. The zero-order valence-electron chi connectivity index (χ0n) is 80.2. The Labute approximate surface area is 855 Å². The van der Waals surface area contributed by atoms with Gasteiger partial charge in [0.05, 0.1) is 44.3 Å². The van der Waals surface area contributed by atoms with Gasteiger partial charge in [-0.3, -0.25) is 4.57 Å². The van der Waals surface area contributed by atoms with E-state index in [9.17, 15) is 0 Å². The Morgan fingerprint density at radius 1 is 0.169 bits per heavy atom. The molecule has 0 amide bonds. The van der Waals surface area contributed by atoms with Crippen molar-refractivity contribution in [2.45, 2.75) is 0 Å². The van der Waals surface area contributed by atoms with E-state index in [0.717, 1.165) is 122 Å². The molecule has 7 aromatic heterocycles. The molecule has 8 heteroatoms. The van der Waals surface area contributed by atoms with Crippen LogP contribution in [-0.4, -0.2) is 23.7 Å². The smallest absolute Gasteiger partial charge is 0.235 e. The number of thiophene rings is 1. The zero-order valence-corrected chi connectivity index (χ0v) is 81.0. The second-order valence-electron chi connectivity index (χ2n) is 38.4. The maximum Gasteiger partial charge on any atom is 0.235 e. The third-order valence-corrected chi connectivity index (χ3v) is 31.2. The van der Waals surface area contributed by atoms with Gasteiger partial charge >= 0.3 is 0 Å². The van der Waals surface area contributed by atoms with Gasteiger partial charge in [-0.2, -0.15) is 0 Å². The monoisotopic (exact) mass is 1900 g/mol. The van der Waals surface area contributed by atoms with E-state index in [1.165, 1.54) is 163 Å². The van der Waals surface area contributed by atoms with Crippen LogP contribution in [0.15, 0.2) is 537 Å². The molecule has 0 N–H and O–H groups in total. The van der Waals surface area contributed by atoms with Crippen LogP contribution in [0.5, 0.6) is 0 Å². The molecule has 0 aliphatic rings. The average molecular weight is 1900 g/mol. The molecule has 690 valence electrons. The van der Waals surface area contributed by atoms with Gasteiger partial charge in [-0.1, -0.05) is 419 Å². The molecule has 0 radical (unpaired) electrons. The Morgan fingerprint density at radius 3 is 1.10 bits per heavy atom. The van der Waals surface area contributed by atoms with E-state index in [1.54, 1.807) is 0 Å². The number of furan rings is 2. The van der Waals surface area contributed by atoms with Crippen LogP contribution in [0, 0.1) is 0 Å². The Kier molecular flexibility index (Phi) is 20.4. The lowest BCUT2D eigenvalue weighted by Gasteiger charge is -2.14. The maximum atomic E-state index is 6.78. The van der Waals surface area contributed by atoms with Crippen molar-refractivity contribution in [1.82, 2.24) is 23.7 Å². The minimum Gasteiger partial charge on any atom is -0.455 e. The van der Waals surface area contributed by atoms with Gasteiger partial charge in [0.25, 0.3) is 0 Å². The summed E-state index contributed by atoms with van der Waals surface area (Å²) in [6.45, 7) is 0. The highest BCUT2D eigenvalue weighted by Crippen LogP contribution is 2.49. The fourth-order valence-electron chi connectivity index (χ4n) is 23.1. The van der Waals surface area contributed by atoms with Crippen molar-refractivity contribution >= 4 is 184 Å². The number of nitrogens with zero attached hydrogens (tertiary/aromatic N) is 5. The molecule has 24 aromatic carbocycles. The van der Waals surface area contributed by atoms with Gasteiger partial charge in [-0.25, -0.2) is 9.97 Å². The highest BCUT2D eigenvalue weighted by molar-refractivity contribution is 7.26. The van der Waals surface area contributed by atoms with Crippen LogP contribution in [0.4, 0.5) is 0 Å². The molecule has 0 fully saturated rings. The van der Waals surface area contributed by atoms with E-state index >= 15 is 0 Å². The lowest BCUT2D eigenvalue weighted by Crippen LogP contribution is -2.03. The van der Waals surface area contributed by atoms with Gasteiger partial charge in [0.2, 0.25) is 5.95 Å². The van der Waals surface area contributed by atoms with Crippen molar-refractivity contribution in [3.8, 4) is 118 Å².